The minimum absolute atomic E-state index is 0.538. The molecule has 2 atom stereocenters. The quantitative estimate of drug-likeness (QED) is 0.909. The lowest BCUT2D eigenvalue weighted by Gasteiger charge is -2.35. The van der Waals surface area contributed by atoms with Crippen LogP contribution in [0.5, 0.6) is 0 Å². The maximum Gasteiger partial charge on any atom is 0.222 e. The Morgan fingerprint density at radius 3 is 2.88 bits per heavy atom. The first-order valence-corrected chi connectivity index (χ1v) is 7.09. The van der Waals surface area contributed by atoms with Gasteiger partial charge in [-0.15, -0.1) is 0 Å². The van der Waals surface area contributed by atoms with Crippen LogP contribution in [-0.4, -0.2) is 40.0 Å². The summed E-state index contributed by atoms with van der Waals surface area (Å²) in [6.07, 6.45) is 8.75. The monoisotopic (exact) mass is 296 g/mol. The molecule has 4 nitrogen and oxygen atoms in total. The summed E-state index contributed by atoms with van der Waals surface area (Å²) < 4.78 is 0.925. The molecule has 17 heavy (non-hydrogen) atoms. The number of rotatable bonds is 2. The van der Waals surface area contributed by atoms with E-state index in [1.807, 2.05) is 0 Å². The molecule has 5 heteroatoms. The molecule has 2 fully saturated rings. The van der Waals surface area contributed by atoms with Gasteiger partial charge in [0.2, 0.25) is 5.95 Å². The normalized spacial score (nSPS) is 29.0. The van der Waals surface area contributed by atoms with Gasteiger partial charge in [0.05, 0.1) is 4.47 Å². The molecular formula is C12H17BrN4. The zero-order chi connectivity index (χ0) is 11.7. The van der Waals surface area contributed by atoms with Gasteiger partial charge >= 0.3 is 0 Å². The van der Waals surface area contributed by atoms with Crippen molar-refractivity contribution >= 4 is 21.9 Å². The second kappa shape index (κ2) is 4.90. The highest BCUT2D eigenvalue weighted by Crippen LogP contribution is 2.27. The zero-order valence-corrected chi connectivity index (χ0v) is 11.4. The predicted octanol–water partition coefficient (Wildman–Crippen LogP) is 2.28. The van der Waals surface area contributed by atoms with Crippen LogP contribution in [0.25, 0.3) is 0 Å². The number of nitrogens with zero attached hydrogens (tertiary/aromatic N) is 3. The van der Waals surface area contributed by atoms with E-state index < -0.39 is 0 Å². The van der Waals surface area contributed by atoms with E-state index in [1.54, 1.807) is 12.4 Å². The van der Waals surface area contributed by atoms with E-state index in [4.69, 9.17) is 0 Å². The molecule has 0 aromatic carbocycles. The van der Waals surface area contributed by atoms with E-state index in [0.29, 0.717) is 6.04 Å². The molecule has 2 aliphatic rings. The molecule has 92 valence electrons. The zero-order valence-electron chi connectivity index (χ0n) is 9.77. The summed E-state index contributed by atoms with van der Waals surface area (Å²) >= 11 is 3.35. The summed E-state index contributed by atoms with van der Waals surface area (Å²) in [5, 5.41) is 3.45. The van der Waals surface area contributed by atoms with E-state index in [2.05, 4.69) is 36.1 Å². The van der Waals surface area contributed by atoms with Crippen molar-refractivity contribution in [2.75, 3.05) is 18.4 Å². The highest BCUT2D eigenvalue weighted by Gasteiger charge is 2.31. The number of nitrogens with one attached hydrogen (secondary N) is 1. The minimum atomic E-state index is 0.538. The van der Waals surface area contributed by atoms with Crippen molar-refractivity contribution in [3.63, 3.8) is 0 Å². The molecule has 0 unspecified atom stereocenters. The Hall–Kier alpha value is -0.680. The van der Waals surface area contributed by atoms with Crippen molar-refractivity contribution in [2.45, 2.75) is 37.8 Å². The molecule has 0 saturated carbocycles. The average Bonchev–Trinajstić information content (AvgIpc) is 2.79. The topological polar surface area (TPSA) is 41.1 Å². The van der Waals surface area contributed by atoms with Crippen LogP contribution in [0, 0.1) is 0 Å². The van der Waals surface area contributed by atoms with Gasteiger partial charge in [0, 0.05) is 31.0 Å². The van der Waals surface area contributed by atoms with Crippen LogP contribution in [0.4, 0.5) is 5.95 Å². The van der Waals surface area contributed by atoms with Crippen LogP contribution >= 0.6 is 15.9 Å². The summed E-state index contributed by atoms with van der Waals surface area (Å²) in [6, 6.07) is 1.33. The molecule has 2 saturated heterocycles. The molecular weight excluding hydrogens is 280 g/mol. The first-order chi connectivity index (χ1) is 8.31. The predicted molar refractivity (Wildman–Crippen MR) is 71.0 cm³/mol. The molecule has 3 heterocycles. The van der Waals surface area contributed by atoms with E-state index >= 15 is 0 Å². The molecule has 0 spiro atoms. The van der Waals surface area contributed by atoms with Gasteiger partial charge in [0.15, 0.2) is 0 Å². The van der Waals surface area contributed by atoms with Crippen molar-refractivity contribution in [3.8, 4) is 0 Å². The lowest BCUT2D eigenvalue weighted by Crippen LogP contribution is -2.42. The lowest BCUT2D eigenvalue weighted by atomic mass is 9.98. The number of anilines is 1. The standard InChI is InChI=1S/C12H17BrN4/c13-9-7-14-12(15-8-9)16-10-3-5-17-4-1-2-11(17)6-10/h7-8,10-11H,1-6H2,(H,14,15,16)/t10-,11-/m1/s1. The number of piperidine rings is 1. The summed E-state index contributed by atoms with van der Waals surface area (Å²) in [4.78, 5) is 11.2. The van der Waals surface area contributed by atoms with Crippen LogP contribution in [-0.2, 0) is 0 Å². The van der Waals surface area contributed by atoms with Crippen LogP contribution in [0.1, 0.15) is 25.7 Å². The van der Waals surface area contributed by atoms with Gasteiger partial charge in [-0.05, 0) is 48.2 Å². The molecule has 2 aliphatic heterocycles. The fraction of sp³-hybridized carbons (Fsp3) is 0.667. The van der Waals surface area contributed by atoms with Crippen molar-refractivity contribution < 1.29 is 0 Å². The van der Waals surface area contributed by atoms with Crippen LogP contribution in [0.15, 0.2) is 16.9 Å². The molecule has 0 bridgehead atoms. The molecule has 1 aromatic rings. The van der Waals surface area contributed by atoms with Gasteiger partial charge in [-0.2, -0.15) is 0 Å². The number of halogens is 1. The molecule has 3 rings (SSSR count). The Kier molecular flexibility index (Phi) is 3.29. The summed E-state index contributed by atoms with van der Waals surface area (Å²) in [7, 11) is 0. The molecule has 1 aromatic heterocycles. The Bertz CT molecular complexity index is 381. The third-order valence-electron chi connectivity index (χ3n) is 3.77. The van der Waals surface area contributed by atoms with Gasteiger partial charge in [0.25, 0.3) is 0 Å². The molecule has 0 amide bonds. The van der Waals surface area contributed by atoms with E-state index in [1.165, 1.54) is 38.8 Å². The van der Waals surface area contributed by atoms with Crippen molar-refractivity contribution in [3.05, 3.63) is 16.9 Å². The highest BCUT2D eigenvalue weighted by atomic mass is 79.9. The summed E-state index contributed by atoms with van der Waals surface area (Å²) in [5.41, 5.74) is 0. The van der Waals surface area contributed by atoms with Crippen LogP contribution < -0.4 is 5.32 Å². The average molecular weight is 297 g/mol. The largest absolute Gasteiger partial charge is 0.351 e. The van der Waals surface area contributed by atoms with Crippen LogP contribution in [0.3, 0.4) is 0 Å². The molecule has 1 N–H and O–H groups in total. The second-order valence-electron chi connectivity index (χ2n) is 4.92. The Morgan fingerprint density at radius 1 is 1.24 bits per heavy atom. The third kappa shape index (κ3) is 2.60. The van der Waals surface area contributed by atoms with Gasteiger partial charge < -0.3 is 10.2 Å². The van der Waals surface area contributed by atoms with Gasteiger partial charge in [-0.1, -0.05) is 0 Å². The smallest absolute Gasteiger partial charge is 0.222 e. The van der Waals surface area contributed by atoms with Gasteiger partial charge in [0.1, 0.15) is 0 Å². The number of fused-ring (bicyclic) bond motifs is 1. The summed E-state index contributed by atoms with van der Waals surface area (Å²) in [6.45, 7) is 2.52. The maximum absolute atomic E-state index is 4.28. The highest BCUT2D eigenvalue weighted by molar-refractivity contribution is 9.10. The Morgan fingerprint density at radius 2 is 2.06 bits per heavy atom. The van der Waals surface area contributed by atoms with Crippen molar-refractivity contribution in [1.29, 1.82) is 0 Å². The first-order valence-electron chi connectivity index (χ1n) is 6.29. The van der Waals surface area contributed by atoms with E-state index in [0.717, 1.165) is 16.5 Å². The van der Waals surface area contributed by atoms with Crippen LogP contribution in [0.2, 0.25) is 0 Å². The van der Waals surface area contributed by atoms with Gasteiger partial charge in [-0.25, -0.2) is 9.97 Å². The lowest BCUT2D eigenvalue weighted by molar-refractivity contribution is 0.188. The minimum Gasteiger partial charge on any atom is -0.351 e. The third-order valence-corrected chi connectivity index (χ3v) is 4.18. The molecule has 0 radical (unpaired) electrons. The van der Waals surface area contributed by atoms with Gasteiger partial charge in [-0.3, -0.25) is 0 Å². The fourth-order valence-electron chi connectivity index (χ4n) is 2.92. The van der Waals surface area contributed by atoms with Crippen molar-refractivity contribution in [2.24, 2.45) is 0 Å². The van der Waals surface area contributed by atoms with E-state index in [9.17, 15) is 0 Å². The fourth-order valence-corrected chi connectivity index (χ4v) is 3.13. The number of hydrogen-bond donors (Lipinski definition) is 1. The number of hydrogen-bond acceptors (Lipinski definition) is 4. The molecule has 0 aliphatic carbocycles. The number of aromatic nitrogens is 2. The van der Waals surface area contributed by atoms with E-state index in [-0.39, 0.29) is 0 Å². The Balaban J connectivity index is 1.60. The van der Waals surface area contributed by atoms with Crippen molar-refractivity contribution in [1.82, 2.24) is 14.9 Å². The first kappa shape index (κ1) is 11.4. The Labute approximate surface area is 110 Å². The maximum atomic E-state index is 4.28. The summed E-state index contributed by atoms with van der Waals surface area (Å²) in [5.74, 6) is 0.754. The second-order valence-corrected chi connectivity index (χ2v) is 5.84. The SMILES string of the molecule is Brc1cnc(N[C@@H]2CCN3CCC[C@@H]3C2)nc1.